The average molecular weight is 483 g/mol. The lowest BCUT2D eigenvalue weighted by Gasteiger charge is -2.50. The number of carbonyl (C=O) groups is 1. The number of piperidine rings is 1. The molecule has 1 saturated carbocycles. The number of aryl methyl sites for hydroxylation is 1. The minimum Gasteiger partial charge on any atom is -0.384 e. The van der Waals surface area contributed by atoms with Crippen LogP contribution in [0.15, 0.2) is 12.1 Å². The molecule has 9 nitrogen and oxygen atoms in total. The van der Waals surface area contributed by atoms with Gasteiger partial charge in [0.1, 0.15) is 12.1 Å². The highest BCUT2D eigenvalue weighted by atomic mass is 19.4. The summed E-state index contributed by atoms with van der Waals surface area (Å²) in [5.41, 5.74) is 19.7. The number of hydrogen-bond acceptors (Lipinski definition) is 8. The maximum atomic E-state index is 13.5. The molecule has 7 N–H and O–H groups in total. The molecule has 6 atom stereocenters. The first-order valence-electron chi connectivity index (χ1n) is 11.8. The van der Waals surface area contributed by atoms with Gasteiger partial charge in [0.2, 0.25) is 5.91 Å². The second-order valence-corrected chi connectivity index (χ2v) is 10.4. The van der Waals surface area contributed by atoms with Crippen LogP contribution in [0.5, 0.6) is 0 Å². The fourth-order valence-corrected chi connectivity index (χ4v) is 6.47. The fraction of sp³-hybridized carbons (Fsp3) is 0.727. The van der Waals surface area contributed by atoms with E-state index in [4.69, 9.17) is 11.5 Å². The number of carbonyl (C=O) groups excluding carboxylic acids is 1. The molecule has 0 aromatic carbocycles. The summed E-state index contributed by atoms with van der Waals surface area (Å²) in [7, 11) is 1.77. The van der Waals surface area contributed by atoms with Crippen molar-refractivity contribution in [3.8, 4) is 0 Å². The monoisotopic (exact) mass is 482 g/mol. The standard InChI is InChI=1S/C22H33F3N8O/c1-11-13(3-4-15(27)28-11)17-16-18(31-30-17)29-20(32(2)19(16)34)33-7-5-21(6-8-33)10-12(9-14(21)26)22(23,24)25/h3-4,12,14,16-18,20,29-31H,5-10,26H2,1-2H3,(H2,27,28)/t12-,14+,16?,17?,18?,20?/m0/s1. The quantitative estimate of drug-likeness (QED) is 0.419. The van der Waals surface area contributed by atoms with E-state index in [0.29, 0.717) is 31.7 Å². The van der Waals surface area contributed by atoms with Crippen molar-refractivity contribution in [1.82, 2.24) is 31.0 Å². The molecule has 1 amide bonds. The number of halogens is 3. The maximum absolute atomic E-state index is 13.5. The Bertz CT molecular complexity index is 951. The van der Waals surface area contributed by atoms with Crippen molar-refractivity contribution in [1.29, 1.82) is 0 Å². The van der Waals surface area contributed by atoms with Crippen molar-refractivity contribution < 1.29 is 18.0 Å². The number of pyridine rings is 1. The van der Waals surface area contributed by atoms with Gasteiger partial charge in [0.05, 0.1) is 24.0 Å². The van der Waals surface area contributed by atoms with Gasteiger partial charge in [-0.15, -0.1) is 0 Å². The van der Waals surface area contributed by atoms with Gasteiger partial charge in [0.25, 0.3) is 0 Å². The van der Waals surface area contributed by atoms with Crippen molar-refractivity contribution in [2.75, 3.05) is 25.9 Å². The molecule has 1 aromatic rings. The van der Waals surface area contributed by atoms with Gasteiger partial charge in [0, 0.05) is 31.9 Å². The van der Waals surface area contributed by atoms with Crippen LogP contribution in [0.4, 0.5) is 19.0 Å². The summed E-state index contributed by atoms with van der Waals surface area (Å²) < 4.78 is 39.9. The van der Waals surface area contributed by atoms with E-state index >= 15 is 0 Å². The van der Waals surface area contributed by atoms with Gasteiger partial charge in [-0.25, -0.2) is 15.8 Å². The van der Waals surface area contributed by atoms with Crippen molar-refractivity contribution >= 4 is 11.7 Å². The van der Waals surface area contributed by atoms with Gasteiger partial charge in [-0.3, -0.25) is 15.0 Å². The Morgan fingerprint density at radius 3 is 2.53 bits per heavy atom. The molecule has 5 rings (SSSR count). The third kappa shape index (κ3) is 3.85. The number of nitrogen functional groups attached to an aromatic ring is 1. The summed E-state index contributed by atoms with van der Waals surface area (Å²) in [5.74, 6) is -1.27. The van der Waals surface area contributed by atoms with Gasteiger partial charge in [-0.2, -0.15) is 13.2 Å². The van der Waals surface area contributed by atoms with Gasteiger partial charge in [-0.05, 0) is 49.7 Å². The van der Waals surface area contributed by atoms with Gasteiger partial charge in [-0.1, -0.05) is 6.07 Å². The molecule has 0 radical (unpaired) electrons. The van der Waals surface area contributed by atoms with Crippen molar-refractivity contribution in [2.45, 2.75) is 63.3 Å². The number of nitrogens with one attached hydrogen (secondary N) is 3. The summed E-state index contributed by atoms with van der Waals surface area (Å²) in [6, 6.07) is 2.91. The predicted molar refractivity (Wildman–Crippen MR) is 119 cm³/mol. The molecule has 12 heteroatoms. The van der Waals surface area contributed by atoms with Crippen LogP contribution in [0.3, 0.4) is 0 Å². The topological polar surface area (TPSA) is 125 Å². The van der Waals surface area contributed by atoms with Gasteiger partial charge < -0.3 is 16.4 Å². The van der Waals surface area contributed by atoms with E-state index in [1.54, 1.807) is 18.0 Å². The summed E-state index contributed by atoms with van der Waals surface area (Å²) in [5, 5.41) is 3.52. The van der Waals surface area contributed by atoms with Gasteiger partial charge >= 0.3 is 6.18 Å². The number of fused-ring (bicyclic) bond motifs is 1. The predicted octanol–water partition coefficient (Wildman–Crippen LogP) is 0.790. The van der Waals surface area contributed by atoms with Gasteiger partial charge in [0.15, 0.2) is 0 Å². The summed E-state index contributed by atoms with van der Waals surface area (Å²) in [6.07, 6.45) is -3.54. The Morgan fingerprint density at radius 2 is 1.91 bits per heavy atom. The number of aromatic nitrogens is 1. The number of likely N-dealkylation sites (tertiary alicyclic amines) is 1. The Balaban J connectivity index is 1.27. The van der Waals surface area contributed by atoms with E-state index in [2.05, 4.69) is 26.1 Å². The zero-order valence-electron chi connectivity index (χ0n) is 19.4. The molecule has 4 unspecified atom stereocenters. The molecule has 0 bridgehead atoms. The number of hydrogen-bond donors (Lipinski definition) is 5. The first-order chi connectivity index (χ1) is 16.0. The fourth-order valence-electron chi connectivity index (χ4n) is 6.47. The number of nitrogens with two attached hydrogens (primary N) is 2. The number of amides is 1. The first kappa shape index (κ1) is 23.7. The van der Waals surface area contributed by atoms with Crippen molar-refractivity contribution in [3.63, 3.8) is 0 Å². The summed E-state index contributed by atoms with van der Waals surface area (Å²) >= 11 is 0. The molecule has 4 aliphatic rings. The molecule has 1 spiro atoms. The van der Waals surface area contributed by atoms with E-state index in [-0.39, 0.29) is 43.2 Å². The van der Waals surface area contributed by atoms with Crippen LogP contribution in [-0.4, -0.2) is 65.5 Å². The molecule has 4 fully saturated rings. The molecule has 4 heterocycles. The number of nitrogens with zero attached hydrogens (tertiary/aromatic N) is 3. The number of rotatable bonds is 2. The largest absolute Gasteiger partial charge is 0.391 e. The molecular formula is C22H33F3N8O. The third-order valence-corrected chi connectivity index (χ3v) is 8.50. The molecule has 188 valence electrons. The third-order valence-electron chi connectivity index (χ3n) is 8.50. The maximum Gasteiger partial charge on any atom is 0.391 e. The second-order valence-electron chi connectivity index (χ2n) is 10.4. The van der Waals surface area contributed by atoms with Crippen molar-refractivity contribution in [3.05, 3.63) is 23.4 Å². The minimum atomic E-state index is -4.19. The molecule has 1 aliphatic carbocycles. The SMILES string of the molecule is Cc1nc(N)ccc1C1NNC2NC(N3CCC4(CC3)C[C@@H](C(F)(F)F)C[C@H]4N)N(C)C(=O)C21. The number of hydrazine groups is 1. The van der Waals surface area contributed by atoms with E-state index in [9.17, 15) is 18.0 Å². The molecule has 1 aromatic heterocycles. The molecule has 3 aliphatic heterocycles. The van der Waals surface area contributed by atoms with E-state index in [0.717, 1.165) is 11.3 Å². The van der Waals surface area contributed by atoms with Crippen LogP contribution in [0.25, 0.3) is 0 Å². The molecule has 34 heavy (non-hydrogen) atoms. The Kier molecular flexibility index (Phi) is 5.79. The van der Waals surface area contributed by atoms with Crippen LogP contribution >= 0.6 is 0 Å². The van der Waals surface area contributed by atoms with Crippen LogP contribution in [0.2, 0.25) is 0 Å². The summed E-state index contributed by atoms with van der Waals surface area (Å²) in [6.45, 7) is 3.04. The minimum absolute atomic E-state index is 0.00368. The highest BCUT2D eigenvalue weighted by molar-refractivity contribution is 5.82. The Morgan fingerprint density at radius 1 is 1.21 bits per heavy atom. The van der Waals surface area contributed by atoms with E-state index < -0.39 is 23.6 Å². The van der Waals surface area contributed by atoms with Crippen LogP contribution < -0.4 is 27.6 Å². The lowest BCUT2D eigenvalue weighted by atomic mass is 9.74. The second kappa shape index (κ2) is 8.30. The molecule has 3 saturated heterocycles. The zero-order chi connectivity index (χ0) is 24.4. The highest BCUT2D eigenvalue weighted by Gasteiger charge is 2.56. The Labute approximate surface area is 196 Å². The average Bonchev–Trinajstić information content (AvgIpc) is 3.33. The van der Waals surface area contributed by atoms with E-state index in [1.165, 1.54) is 0 Å². The highest BCUT2D eigenvalue weighted by Crippen LogP contribution is 2.53. The lowest BCUT2D eigenvalue weighted by molar-refractivity contribution is -0.175. The van der Waals surface area contributed by atoms with E-state index in [1.807, 2.05) is 13.0 Å². The summed E-state index contributed by atoms with van der Waals surface area (Å²) in [4.78, 5) is 21.6. The lowest BCUT2D eigenvalue weighted by Crippen LogP contribution is -2.70. The van der Waals surface area contributed by atoms with Crippen molar-refractivity contribution in [2.24, 2.45) is 23.0 Å². The molecular weight excluding hydrogens is 449 g/mol. The Hall–Kier alpha value is -1.99. The number of anilines is 1. The van der Waals surface area contributed by atoms with Crippen LogP contribution in [0, 0.1) is 24.2 Å². The first-order valence-corrected chi connectivity index (χ1v) is 11.8. The number of alkyl halides is 3. The smallest absolute Gasteiger partial charge is 0.384 e. The van der Waals surface area contributed by atoms with Crippen LogP contribution in [0.1, 0.15) is 43.0 Å². The zero-order valence-corrected chi connectivity index (χ0v) is 19.4. The normalized spacial score (nSPS) is 36.3. The van der Waals surface area contributed by atoms with Crippen LogP contribution in [-0.2, 0) is 4.79 Å².